The lowest BCUT2D eigenvalue weighted by atomic mass is 10.2. The quantitative estimate of drug-likeness (QED) is 0.556. The average Bonchev–Trinajstić information content (AvgIpc) is 2.90. The Morgan fingerprint density at radius 3 is 2.86 bits per heavy atom. The predicted molar refractivity (Wildman–Crippen MR) is 97.8 cm³/mol. The molecule has 3 nitrogen and oxygen atoms in total. The molecular formula is C16H18ClIN2O. The van der Waals surface area contributed by atoms with E-state index >= 15 is 0 Å². The van der Waals surface area contributed by atoms with E-state index < -0.39 is 0 Å². The molecule has 0 bridgehead atoms. The van der Waals surface area contributed by atoms with E-state index in [4.69, 9.17) is 21.3 Å². The van der Waals surface area contributed by atoms with Gasteiger partial charge in [-0.1, -0.05) is 51.1 Å². The number of hydrogen-bond acceptors (Lipinski definition) is 3. The number of alkyl halides is 1. The molecule has 0 amide bonds. The Labute approximate surface area is 140 Å². The first kappa shape index (κ1) is 15.2. The predicted octanol–water partition coefficient (Wildman–Crippen LogP) is 3.19. The fourth-order valence-electron chi connectivity index (χ4n) is 2.51. The minimum atomic E-state index is -0.0886. The second-order valence-electron chi connectivity index (χ2n) is 5.11. The number of likely N-dealkylation sites (tertiary alicyclic amines) is 1. The van der Waals surface area contributed by atoms with E-state index in [-0.39, 0.29) is 32.2 Å². The van der Waals surface area contributed by atoms with Gasteiger partial charge in [0.05, 0.1) is 15.2 Å². The van der Waals surface area contributed by atoms with Crippen LogP contribution in [0.5, 0.6) is 0 Å². The van der Waals surface area contributed by atoms with Gasteiger partial charge in [0, 0.05) is 26.6 Å². The molecule has 112 valence electrons. The van der Waals surface area contributed by atoms with Crippen molar-refractivity contribution in [2.45, 2.75) is 17.9 Å². The smallest absolute Gasteiger partial charge is 0.129 e. The normalized spacial score (nSPS) is 25.3. The summed E-state index contributed by atoms with van der Waals surface area (Å²) in [5.74, 6) is 1.04. The lowest BCUT2D eigenvalue weighted by Crippen LogP contribution is -2.23. The van der Waals surface area contributed by atoms with Gasteiger partial charge >= 0.3 is 0 Å². The zero-order valence-corrected chi connectivity index (χ0v) is 14.8. The standard InChI is InChI=1S/C16H18ClIN2O/c1-21-14-11-20(10-13(14)17)16-7-8-18-15(19-16)9-12-5-3-2-4-6-12/h2-8,13-14H,9-11H2,1H3/t13-,14+/m0/s1. The Hall–Kier alpha value is -0.720. The van der Waals surface area contributed by atoms with Crippen molar-refractivity contribution in [1.82, 2.24) is 4.90 Å². The fourth-order valence-corrected chi connectivity index (χ4v) is 4.82. The Balaban J connectivity index is 1.71. The molecule has 0 radical (unpaired) electrons. The van der Waals surface area contributed by atoms with Gasteiger partial charge in [0.25, 0.3) is 0 Å². The molecule has 0 aromatic heterocycles. The molecule has 0 saturated carbocycles. The summed E-state index contributed by atoms with van der Waals surface area (Å²) < 4.78 is 9.02. The van der Waals surface area contributed by atoms with Gasteiger partial charge in [0.1, 0.15) is 5.82 Å². The molecule has 0 aliphatic carbocycles. The molecule has 1 saturated heterocycles. The molecule has 1 aromatic rings. The highest BCUT2D eigenvalue weighted by Gasteiger charge is 2.32. The van der Waals surface area contributed by atoms with E-state index in [0.717, 1.165) is 25.3 Å². The summed E-state index contributed by atoms with van der Waals surface area (Å²) in [5.41, 5.74) is 1.33. The number of benzene rings is 1. The largest absolute Gasteiger partial charge is 0.378 e. The van der Waals surface area contributed by atoms with Crippen molar-refractivity contribution in [3.05, 3.63) is 47.8 Å². The third kappa shape index (κ3) is 3.73. The number of methoxy groups -OCH3 is 1. The third-order valence-corrected chi connectivity index (χ3v) is 6.13. The zero-order chi connectivity index (χ0) is 14.7. The number of allylic oxidation sites excluding steroid dienone is 1. The van der Waals surface area contributed by atoms with Gasteiger partial charge in [-0.05, 0) is 15.7 Å². The summed E-state index contributed by atoms with van der Waals surface area (Å²) >= 11 is 6.22. The summed E-state index contributed by atoms with van der Waals surface area (Å²) in [6.45, 7) is 1.63. The molecule has 0 spiro atoms. The van der Waals surface area contributed by atoms with Crippen LogP contribution in [-0.2, 0) is 11.2 Å². The van der Waals surface area contributed by atoms with Gasteiger partial charge in [-0.2, -0.15) is 0 Å². The van der Waals surface area contributed by atoms with Crippen molar-refractivity contribution >= 4 is 40.1 Å². The van der Waals surface area contributed by atoms with E-state index in [1.165, 1.54) is 9.28 Å². The van der Waals surface area contributed by atoms with E-state index in [9.17, 15) is 0 Å². The molecule has 21 heavy (non-hydrogen) atoms. The van der Waals surface area contributed by atoms with Crippen molar-refractivity contribution in [2.24, 2.45) is 4.99 Å². The third-order valence-electron chi connectivity index (χ3n) is 3.65. The maximum atomic E-state index is 6.31. The topological polar surface area (TPSA) is 24.8 Å². The Morgan fingerprint density at radius 1 is 1.33 bits per heavy atom. The zero-order valence-electron chi connectivity index (χ0n) is 11.9. The summed E-state index contributed by atoms with van der Waals surface area (Å²) in [6, 6.07) is 10.5. The van der Waals surface area contributed by atoms with Crippen LogP contribution in [0.1, 0.15) is 5.56 Å². The maximum absolute atomic E-state index is 6.31. The van der Waals surface area contributed by atoms with Gasteiger partial charge in [0.2, 0.25) is 0 Å². The van der Waals surface area contributed by atoms with Gasteiger partial charge < -0.3 is 9.64 Å². The number of nitrogens with zero attached hydrogens (tertiary/aromatic N) is 2. The molecule has 0 unspecified atom stereocenters. The molecule has 0 N–H and O–H groups in total. The maximum Gasteiger partial charge on any atom is 0.129 e. The molecule has 2 aliphatic rings. The summed E-state index contributed by atoms with van der Waals surface area (Å²) in [6.07, 6.45) is 3.19. The molecule has 2 heterocycles. The second kappa shape index (κ2) is 7.03. The van der Waals surface area contributed by atoms with Crippen molar-refractivity contribution in [3.63, 3.8) is 0 Å². The number of rotatable bonds is 4. The average molecular weight is 417 g/mol. The number of ether oxygens (including phenoxy) is 1. The number of aliphatic imine (C=N–C) groups is 1. The molecule has 1 fully saturated rings. The monoisotopic (exact) mass is 416 g/mol. The lowest BCUT2D eigenvalue weighted by Gasteiger charge is -2.20. The summed E-state index contributed by atoms with van der Waals surface area (Å²) in [5, 5.41) is 0.0419. The summed E-state index contributed by atoms with van der Waals surface area (Å²) in [7, 11) is 1.72. The fraction of sp³-hybridized carbons (Fsp3) is 0.375. The lowest BCUT2D eigenvalue weighted by molar-refractivity contribution is 0.113. The first-order valence-electron chi connectivity index (χ1n) is 6.96. The van der Waals surface area contributed by atoms with Gasteiger partial charge in [0.15, 0.2) is 0 Å². The van der Waals surface area contributed by atoms with E-state index in [0.29, 0.717) is 0 Å². The first-order chi connectivity index (χ1) is 10.3. The van der Waals surface area contributed by atoms with E-state index in [2.05, 4.69) is 45.3 Å². The van der Waals surface area contributed by atoms with Crippen molar-refractivity contribution < 1.29 is 4.74 Å². The van der Waals surface area contributed by atoms with Crippen LogP contribution in [0.25, 0.3) is 0 Å². The number of hydrogen-bond donors (Lipinski definition) is 0. The minimum Gasteiger partial charge on any atom is -0.378 e. The number of halogens is 2. The van der Waals surface area contributed by atoms with E-state index in [1.54, 1.807) is 7.11 Å². The van der Waals surface area contributed by atoms with Crippen molar-refractivity contribution in [3.8, 4) is 0 Å². The Bertz CT molecular complexity index is 585. The van der Waals surface area contributed by atoms with Crippen LogP contribution in [-0.4, -0.2) is 44.3 Å². The Morgan fingerprint density at radius 2 is 2.14 bits per heavy atom. The first-order valence-corrected chi connectivity index (χ1v) is 9.72. The van der Waals surface area contributed by atoms with Crippen LogP contribution in [0.2, 0.25) is 0 Å². The van der Waals surface area contributed by atoms with Crippen LogP contribution in [0.4, 0.5) is 0 Å². The SMILES string of the molecule is CO[C@@H]1CN(C2=CC=IC(Cc3ccccc3)=N2)C[C@@H]1Cl. The molecular weight excluding hydrogens is 399 g/mol. The van der Waals surface area contributed by atoms with Crippen molar-refractivity contribution in [1.29, 1.82) is 0 Å². The highest BCUT2D eigenvalue weighted by Crippen LogP contribution is 2.25. The van der Waals surface area contributed by atoms with Crippen molar-refractivity contribution in [2.75, 3.05) is 20.2 Å². The van der Waals surface area contributed by atoms with Gasteiger partial charge in [-0.15, -0.1) is 11.6 Å². The highest BCUT2D eigenvalue weighted by molar-refractivity contribution is 14.2. The van der Waals surface area contributed by atoms with Crippen LogP contribution < -0.4 is 0 Å². The summed E-state index contributed by atoms with van der Waals surface area (Å²) in [4.78, 5) is 7.10. The molecule has 1 aromatic carbocycles. The Kier molecular flexibility index (Phi) is 5.08. The van der Waals surface area contributed by atoms with Gasteiger partial charge in [-0.25, -0.2) is 4.99 Å². The highest BCUT2D eigenvalue weighted by atomic mass is 127. The van der Waals surface area contributed by atoms with Crippen LogP contribution >= 0.6 is 32.3 Å². The van der Waals surface area contributed by atoms with Crippen LogP contribution in [0.15, 0.2) is 47.2 Å². The minimum absolute atomic E-state index is 0.0419. The van der Waals surface area contributed by atoms with E-state index in [1.807, 2.05) is 0 Å². The van der Waals surface area contributed by atoms with Gasteiger partial charge in [-0.3, -0.25) is 0 Å². The molecule has 2 atom stereocenters. The molecule has 5 heteroatoms. The van der Waals surface area contributed by atoms with Crippen LogP contribution in [0, 0.1) is 0 Å². The molecule has 2 aliphatic heterocycles. The molecule has 3 rings (SSSR count). The van der Waals surface area contributed by atoms with Crippen LogP contribution in [0.3, 0.4) is 0 Å². The second-order valence-corrected chi connectivity index (χ2v) is 8.25.